The zero-order valence-corrected chi connectivity index (χ0v) is 9.33. The van der Waals surface area contributed by atoms with E-state index in [1.165, 1.54) is 0 Å². The molecule has 2 heterocycles. The molecule has 1 fully saturated rings. The summed E-state index contributed by atoms with van der Waals surface area (Å²) in [6.45, 7) is 2.64. The van der Waals surface area contributed by atoms with Crippen LogP contribution in [0.5, 0.6) is 0 Å². The van der Waals surface area contributed by atoms with Crippen LogP contribution < -0.4 is 10.2 Å². The van der Waals surface area contributed by atoms with Gasteiger partial charge < -0.3 is 10.2 Å². The van der Waals surface area contributed by atoms with Crippen LogP contribution in [0, 0.1) is 5.82 Å². The Morgan fingerprint density at radius 3 is 3.19 bits per heavy atom. The highest BCUT2D eigenvalue weighted by Gasteiger charge is 2.28. The summed E-state index contributed by atoms with van der Waals surface area (Å²) in [6, 6.07) is -0.464. The molecular weight excluding hydrogens is 235 g/mol. The Hall–Kier alpha value is -1.43. The predicted molar refractivity (Wildman–Crippen MR) is 56.8 cm³/mol. The molecule has 1 amide bonds. The molecule has 1 unspecified atom stereocenters. The van der Waals surface area contributed by atoms with Crippen LogP contribution in [0.15, 0.2) is 6.20 Å². The first-order valence-electron chi connectivity index (χ1n) is 4.82. The summed E-state index contributed by atoms with van der Waals surface area (Å²) in [5.74, 6) is -0.659. The van der Waals surface area contributed by atoms with Crippen LogP contribution in [0.1, 0.15) is 6.92 Å². The van der Waals surface area contributed by atoms with E-state index in [-0.39, 0.29) is 17.0 Å². The molecule has 16 heavy (non-hydrogen) atoms. The summed E-state index contributed by atoms with van der Waals surface area (Å²) >= 11 is 5.60. The number of nitrogens with one attached hydrogen (secondary N) is 1. The fourth-order valence-electron chi connectivity index (χ4n) is 1.61. The van der Waals surface area contributed by atoms with E-state index < -0.39 is 11.9 Å². The molecular formula is C9H10ClFN4O. The maximum atomic E-state index is 13.5. The third kappa shape index (κ3) is 1.92. The average Bonchev–Trinajstić information content (AvgIpc) is 2.26. The smallest absolute Gasteiger partial charge is 0.242 e. The van der Waals surface area contributed by atoms with Crippen molar-refractivity contribution in [2.24, 2.45) is 0 Å². The van der Waals surface area contributed by atoms with E-state index in [0.29, 0.717) is 13.1 Å². The average molecular weight is 245 g/mol. The number of hydrogen-bond donors (Lipinski definition) is 1. The summed E-state index contributed by atoms with van der Waals surface area (Å²) in [5.41, 5.74) is 0. The van der Waals surface area contributed by atoms with Gasteiger partial charge in [0.25, 0.3) is 0 Å². The van der Waals surface area contributed by atoms with E-state index in [0.717, 1.165) is 6.20 Å². The third-order valence-electron chi connectivity index (χ3n) is 2.47. The van der Waals surface area contributed by atoms with Gasteiger partial charge in [-0.1, -0.05) is 0 Å². The summed E-state index contributed by atoms with van der Waals surface area (Å²) in [7, 11) is 0. The van der Waals surface area contributed by atoms with Crippen molar-refractivity contribution < 1.29 is 9.18 Å². The minimum atomic E-state index is -0.578. The fourth-order valence-corrected chi connectivity index (χ4v) is 1.74. The van der Waals surface area contributed by atoms with E-state index in [1.807, 2.05) is 0 Å². The number of anilines is 1. The molecule has 1 atom stereocenters. The quantitative estimate of drug-likeness (QED) is 0.735. The van der Waals surface area contributed by atoms with E-state index in [4.69, 9.17) is 11.6 Å². The second-order valence-corrected chi connectivity index (χ2v) is 3.81. The van der Waals surface area contributed by atoms with Crippen LogP contribution in [0.25, 0.3) is 0 Å². The zero-order chi connectivity index (χ0) is 11.7. The van der Waals surface area contributed by atoms with Gasteiger partial charge in [0, 0.05) is 13.1 Å². The lowest BCUT2D eigenvalue weighted by atomic mass is 10.2. The Morgan fingerprint density at radius 2 is 2.44 bits per heavy atom. The Labute approximate surface area is 96.6 Å². The lowest BCUT2D eigenvalue weighted by Crippen LogP contribution is -2.54. The second-order valence-electron chi connectivity index (χ2n) is 3.47. The molecule has 1 aromatic heterocycles. The van der Waals surface area contributed by atoms with Gasteiger partial charge in [-0.2, -0.15) is 4.98 Å². The van der Waals surface area contributed by atoms with Gasteiger partial charge in [0.2, 0.25) is 11.2 Å². The molecule has 0 bridgehead atoms. The minimum Gasteiger partial charge on any atom is -0.353 e. The van der Waals surface area contributed by atoms with Crippen LogP contribution in [0.3, 0.4) is 0 Å². The Bertz CT molecular complexity index is 428. The van der Waals surface area contributed by atoms with Crippen molar-refractivity contribution in [1.29, 1.82) is 0 Å². The Morgan fingerprint density at radius 1 is 1.69 bits per heavy atom. The largest absolute Gasteiger partial charge is 0.353 e. The fraction of sp³-hybridized carbons (Fsp3) is 0.444. The lowest BCUT2D eigenvalue weighted by molar-refractivity contribution is -0.122. The number of amides is 1. The molecule has 2 rings (SSSR count). The van der Waals surface area contributed by atoms with Gasteiger partial charge in [-0.3, -0.25) is 4.79 Å². The van der Waals surface area contributed by atoms with Crippen LogP contribution in [0.4, 0.5) is 10.2 Å². The molecule has 5 nitrogen and oxygen atoms in total. The van der Waals surface area contributed by atoms with Crippen LogP contribution in [0.2, 0.25) is 5.28 Å². The molecule has 1 aliphatic rings. The van der Waals surface area contributed by atoms with E-state index in [9.17, 15) is 9.18 Å². The summed E-state index contributed by atoms with van der Waals surface area (Å²) < 4.78 is 13.5. The van der Waals surface area contributed by atoms with Gasteiger partial charge >= 0.3 is 0 Å². The zero-order valence-electron chi connectivity index (χ0n) is 8.57. The highest BCUT2D eigenvalue weighted by molar-refractivity contribution is 6.28. The molecule has 0 aliphatic carbocycles. The number of hydrogen-bond acceptors (Lipinski definition) is 4. The van der Waals surface area contributed by atoms with Crippen molar-refractivity contribution in [2.75, 3.05) is 18.0 Å². The van der Waals surface area contributed by atoms with Crippen LogP contribution in [-0.4, -0.2) is 35.0 Å². The van der Waals surface area contributed by atoms with Crippen molar-refractivity contribution >= 4 is 23.3 Å². The first kappa shape index (κ1) is 11.1. The second kappa shape index (κ2) is 4.21. The molecule has 1 aliphatic heterocycles. The van der Waals surface area contributed by atoms with Gasteiger partial charge in [-0.15, -0.1) is 0 Å². The first-order valence-corrected chi connectivity index (χ1v) is 5.20. The van der Waals surface area contributed by atoms with Crippen molar-refractivity contribution in [3.05, 3.63) is 17.3 Å². The lowest BCUT2D eigenvalue weighted by Gasteiger charge is -2.33. The van der Waals surface area contributed by atoms with Crippen LogP contribution >= 0.6 is 11.6 Å². The van der Waals surface area contributed by atoms with Gasteiger partial charge in [0.15, 0.2) is 11.6 Å². The number of nitrogens with zero attached hydrogens (tertiary/aromatic N) is 3. The molecule has 7 heteroatoms. The van der Waals surface area contributed by atoms with Crippen molar-refractivity contribution in [1.82, 2.24) is 15.3 Å². The number of piperazine rings is 1. The third-order valence-corrected chi connectivity index (χ3v) is 2.65. The standard InChI is InChI=1S/C9H10ClFN4O/c1-5-8(16)12-2-3-15(5)7-6(11)4-13-9(10)14-7/h4-5H,2-3H2,1H3,(H,12,16). The van der Waals surface area contributed by atoms with E-state index >= 15 is 0 Å². The summed E-state index contributed by atoms with van der Waals surface area (Å²) in [4.78, 5) is 20.3. The maximum Gasteiger partial charge on any atom is 0.242 e. The molecule has 1 N–H and O–H groups in total. The van der Waals surface area contributed by atoms with Gasteiger partial charge in [0.05, 0.1) is 6.20 Å². The molecule has 1 aromatic rings. The van der Waals surface area contributed by atoms with Gasteiger partial charge in [0.1, 0.15) is 6.04 Å². The predicted octanol–water partition coefficient (Wildman–Crippen LogP) is 0.594. The highest BCUT2D eigenvalue weighted by atomic mass is 35.5. The monoisotopic (exact) mass is 244 g/mol. The molecule has 0 spiro atoms. The normalized spacial score (nSPS) is 20.8. The highest BCUT2D eigenvalue weighted by Crippen LogP contribution is 2.20. The van der Waals surface area contributed by atoms with Gasteiger partial charge in [-0.05, 0) is 18.5 Å². The number of rotatable bonds is 1. The molecule has 0 aromatic carbocycles. The Balaban J connectivity index is 2.35. The molecule has 1 saturated heterocycles. The number of carbonyl (C=O) groups excluding carboxylic acids is 1. The molecule has 0 radical (unpaired) electrons. The summed E-state index contributed by atoms with van der Waals surface area (Å²) in [5, 5.41) is 2.65. The maximum absolute atomic E-state index is 13.5. The van der Waals surface area contributed by atoms with Crippen molar-refractivity contribution in [2.45, 2.75) is 13.0 Å². The topological polar surface area (TPSA) is 58.1 Å². The van der Waals surface area contributed by atoms with Crippen molar-refractivity contribution in [3.8, 4) is 0 Å². The number of halogens is 2. The SMILES string of the molecule is CC1C(=O)NCCN1c1nc(Cl)ncc1F. The number of aromatic nitrogens is 2. The summed E-state index contributed by atoms with van der Waals surface area (Å²) in [6.07, 6.45) is 1.00. The van der Waals surface area contributed by atoms with Gasteiger partial charge in [-0.25, -0.2) is 9.37 Å². The first-order chi connectivity index (χ1) is 7.59. The molecule has 86 valence electrons. The van der Waals surface area contributed by atoms with E-state index in [1.54, 1.807) is 11.8 Å². The minimum absolute atomic E-state index is 0.0328. The molecule has 0 saturated carbocycles. The van der Waals surface area contributed by atoms with Crippen molar-refractivity contribution in [3.63, 3.8) is 0 Å². The van der Waals surface area contributed by atoms with E-state index in [2.05, 4.69) is 15.3 Å². The van der Waals surface area contributed by atoms with Crippen LogP contribution in [-0.2, 0) is 4.79 Å². The Kier molecular flexibility index (Phi) is 2.91. The number of carbonyl (C=O) groups is 1.